The molecule has 3 aromatic rings. The highest BCUT2D eigenvalue weighted by Gasteiger charge is 2.32. The highest BCUT2D eigenvalue weighted by molar-refractivity contribution is 7.22. The second kappa shape index (κ2) is 9.18. The number of carboxylic acids is 1. The molecule has 6 nitrogen and oxygen atoms in total. The van der Waals surface area contributed by atoms with Gasteiger partial charge in [-0.25, -0.2) is 4.98 Å². The maximum absolute atomic E-state index is 12.5. The van der Waals surface area contributed by atoms with E-state index < -0.39 is 12.3 Å². The molecule has 10 heteroatoms. The van der Waals surface area contributed by atoms with E-state index in [0.717, 1.165) is 29.3 Å². The minimum absolute atomic E-state index is 0.0000559. The van der Waals surface area contributed by atoms with Crippen LogP contribution in [0.3, 0.4) is 0 Å². The average molecular weight is 480 g/mol. The number of benzene rings is 2. The molecule has 176 valence electrons. The van der Waals surface area contributed by atoms with Gasteiger partial charge in [0.25, 0.3) is 0 Å². The van der Waals surface area contributed by atoms with Crippen molar-refractivity contribution in [2.75, 3.05) is 18.0 Å². The Morgan fingerprint density at radius 3 is 2.52 bits per heavy atom. The minimum atomic E-state index is -4.73. The molecule has 0 aliphatic carbocycles. The summed E-state index contributed by atoms with van der Waals surface area (Å²) in [6.07, 6.45) is -4.73. The number of aromatic nitrogens is 1. The Morgan fingerprint density at radius 1 is 1.15 bits per heavy atom. The van der Waals surface area contributed by atoms with Crippen LogP contribution >= 0.6 is 11.3 Å². The summed E-state index contributed by atoms with van der Waals surface area (Å²) in [6, 6.07) is 12.2. The van der Waals surface area contributed by atoms with Crippen LogP contribution in [0.4, 0.5) is 18.3 Å². The Kier molecular flexibility index (Phi) is 6.49. The lowest BCUT2D eigenvalue weighted by Crippen LogP contribution is -2.56. The van der Waals surface area contributed by atoms with Crippen LogP contribution in [0.15, 0.2) is 42.5 Å². The fourth-order valence-corrected chi connectivity index (χ4v) is 5.29. The largest absolute Gasteiger partial charge is 0.573 e. The molecule has 33 heavy (non-hydrogen) atoms. The molecule has 1 N–H and O–H groups in total. The van der Waals surface area contributed by atoms with E-state index in [1.807, 2.05) is 24.3 Å². The first kappa shape index (κ1) is 23.3. The van der Waals surface area contributed by atoms with Crippen LogP contribution in [0.2, 0.25) is 0 Å². The topological polar surface area (TPSA) is 65.9 Å². The van der Waals surface area contributed by atoms with Crippen molar-refractivity contribution in [2.45, 2.75) is 45.3 Å². The predicted molar refractivity (Wildman–Crippen MR) is 121 cm³/mol. The summed E-state index contributed by atoms with van der Waals surface area (Å²) in [5.41, 5.74) is 2.49. The lowest BCUT2D eigenvalue weighted by Gasteiger charge is -2.44. The number of ether oxygens (including phenoxy) is 1. The van der Waals surface area contributed by atoms with E-state index >= 15 is 0 Å². The fourth-order valence-electron chi connectivity index (χ4n) is 4.27. The minimum Gasteiger partial charge on any atom is -0.481 e. The van der Waals surface area contributed by atoms with Crippen molar-refractivity contribution in [1.82, 2.24) is 9.88 Å². The van der Waals surface area contributed by atoms with Crippen LogP contribution < -0.4 is 9.64 Å². The standard InChI is InChI=1S/C23H24F3N3O3S/c1-14-11-28(22-27-19-7-6-18(10-20(19)33-22)32-23(24,25)26)12-15(2)29(14)13-17-5-3-4-16(8-17)9-21(30)31/h3-8,10,14-15H,9,11-13H2,1-2H3,(H,30,31)/t14-,15+. The Balaban J connectivity index is 1.46. The zero-order chi connectivity index (χ0) is 23.8. The maximum Gasteiger partial charge on any atom is 0.573 e. The molecule has 0 spiro atoms. The third kappa shape index (κ3) is 5.75. The monoisotopic (exact) mass is 479 g/mol. The van der Waals surface area contributed by atoms with Gasteiger partial charge >= 0.3 is 12.3 Å². The number of alkyl halides is 3. The van der Waals surface area contributed by atoms with Crippen LogP contribution in [0.5, 0.6) is 5.75 Å². The van der Waals surface area contributed by atoms with E-state index in [9.17, 15) is 18.0 Å². The summed E-state index contributed by atoms with van der Waals surface area (Å²) >= 11 is 1.35. The molecule has 1 aromatic heterocycles. The van der Waals surface area contributed by atoms with Gasteiger partial charge in [0, 0.05) is 37.8 Å². The van der Waals surface area contributed by atoms with Crippen molar-refractivity contribution in [3.8, 4) is 5.75 Å². The number of fused-ring (bicyclic) bond motifs is 1. The number of carbonyl (C=O) groups is 1. The summed E-state index contributed by atoms with van der Waals surface area (Å²) < 4.78 is 42.2. The first-order chi connectivity index (χ1) is 15.6. The van der Waals surface area contributed by atoms with Crippen LogP contribution in [-0.4, -0.2) is 52.5 Å². The van der Waals surface area contributed by atoms with Gasteiger partial charge in [0.15, 0.2) is 5.13 Å². The highest BCUT2D eigenvalue weighted by Crippen LogP contribution is 2.34. The summed E-state index contributed by atoms with van der Waals surface area (Å²) in [5, 5.41) is 9.81. The van der Waals surface area contributed by atoms with Gasteiger partial charge in [0.05, 0.1) is 16.6 Å². The molecule has 1 saturated heterocycles. The van der Waals surface area contributed by atoms with E-state index in [4.69, 9.17) is 5.11 Å². The number of halogens is 3. The van der Waals surface area contributed by atoms with E-state index in [1.165, 1.54) is 23.5 Å². The second-order valence-electron chi connectivity index (χ2n) is 8.34. The van der Waals surface area contributed by atoms with Crippen molar-refractivity contribution in [2.24, 2.45) is 0 Å². The Hall–Kier alpha value is -2.85. The van der Waals surface area contributed by atoms with Crippen LogP contribution in [0, 0.1) is 0 Å². The summed E-state index contributed by atoms with van der Waals surface area (Å²) in [5.74, 6) is -1.10. The molecule has 0 amide bonds. The van der Waals surface area contributed by atoms with Gasteiger partial charge in [-0.15, -0.1) is 13.2 Å². The molecule has 0 radical (unpaired) electrons. The van der Waals surface area contributed by atoms with Gasteiger partial charge < -0.3 is 14.7 Å². The SMILES string of the molecule is C[C@@H]1CN(c2nc3ccc(OC(F)(F)F)cc3s2)C[C@H](C)N1Cc1cccc(CC(=O)O)c1. The number of carboxylic acid groups (broad SMARTS) is 1. The van der Waals surface area contributed by atoms with Crippen LogP contribution in [-0.2, 0) is 17.8 Å². The summed E-state index contributed by atoms with van der Waals surface area (Å²) in [4.78, 5) is 20.2. The first-order valence-electron chi connectivity index (χ1n) is 10.5. The molecule has 2 atom stereocenters. The molecule has 1 aliphatic heterocycles. The number of nitrogens with zero attached hydrogens (tertiary/aromatic N) is 3. The van der Waals surface area contributed by atoms with E-state index in [2.05, 4.69) is 33.4 Å². The first-order valence-corrected chi connectivity index (χ1v) is 11.4. The van der Waals surface area contributed by atoms with E-state index in [1.54, 1.807) is 6.07 Å². The Bertz CT molecular complexity index is 1140. The van der Waals surface area contributed by atoms with Gasteiger partial charge in [-0.05, 0) is 37.1 Å². The third-order valence-electron chi connectivity index (χ3n) is 5.67. The molecule has 2 aromatic carbocycles. The van der Waals surface area contributed by atoms with E-state index in [0.29, 0.717) is 16.8 Å². The van der Waals surface area contributed by atoms with Crippen molar-refractivity contribution >= 4 is 32.7 Å². The summed E-state index contributed by atoms with van der Waals surface area (Å²) in [7, 11) is 0. The normalized spacial score (nSPS) is 19.7. The lowest BCUT2D eigenvalue weighted by molar-refractivity contribution is -0.274. The maximum atomic E-state index is 12.5. The number of rotatable bonds is 6. The Morgan fingerprint density at radius 2 is 1.85 bits per heavy atom. The van der Waals surface area contributed by atoms with Crippen LogP contribution in [0.25, 0.3) is 10.2 Å². The zero-order valence-corrected chi connectivity index (χ0v) is 19.0. The molecule has 0 bridgehead atoms. The molecular formula is C23H24F3N3O3S. The Labute approximate surface area is 193 Å². The van der Waals surface area contributed by atoms with Crippen molar-refractivity contribution in [3.05, 3.63) is 53.6 Å². The zero-order valence-electron chi connectivity index (χ0n) is 18.2. The molecule has 4 rings (SSSR count). The molecular weight excluding hydrogens is 455 g/mol. The number of thiazole rings is 1. The van der Waals surface area contributed by atoms with Gasteiger partial charge in [-0.2, -0.15) is 0 Å². The quantitative estimate of drug-likeness (QED) is 0.541. The summed E-state index contributed by atoms with van der Waals surface area (Å²) in [6.45, 7) is 6.43. The number of anilines is 1. The number of piperazine rings is 1. The van der Waals surface area contributed by atoms with Gasteiger partial charge in [0.1, 0.15) is 5.75 Å². The molecule has 1 fully saturated rings. The van der Waals surface area contributed by atoms with Gasteiger partial charge in [0.2, 0.25) is 0 Å². The molecule has 0 unspecified atom stereocenters. The molecule has 2 heterocycles. The van der Waals surface area contributed by atoms with Crippen molar-refractivity contribution in [3.63, 3.8) is 0 Å². The highest BCUT2D eigenvalue weighted by atomic mass is 32.1. The molecule has 1 aliphatic rings. The number of aliphatic carboxylic acids is 1. The second-order valence-corrected chi connectivity index (χ2v) is 9.35. The van der Waals surface area contributed by atoms with E-state index in [-0.39, 0.29) is 24.3 Å². The number of hydrogen-bond donors (Lipinski definition) is 1. The molecule has 0 saturated carbocycles. The number of hydrogen-bond acceptors (Lipinski definition) is 6. The third-order valence-corrected chi connectivity index (χ3v) is 6.75. The van der Waals surface area contributed by atoms with Gasteiger partial charge in [-0.1, -0.05) is 35.6 Å². The smallest absolute Gasteiger partial charge is 0.481 e. The van der Waals surface area contributed by atoms with Crippen molar-refractivity contribution in [1.29, 1.82) is 0 Å². The van der Waals surface area contributed by atoms with Crippen molar-refractivity contribution < 1.29 is 27.8 Å². The predicted octanol–water partition coefficient (Wildman–Crippen LogP) is 4.92. The lowest BCUT2D eigenvalue weighted by atomic mass is 10.0. The van der Waals surface area contributed by atoms with Gasteiger partial charge in [-0.3, -0.25) is 9.69 Å². The van der Waals surface area contributed by atoms with Crippen LogP contribution in [0.1, 0.15) is 25.0 Å². The average Bonchev–Trinajstić information content (AvgIpc) is 3.12. The fraction of sp³-hybridized carbons (Fsp3) is 0.391.